The minimum Gasteiger partial charge on any atom is -0.273 e. The van der Waals surface area contributed by atoms with Gasteiger partial charge in [-0.3, -0.25) is 4.68 Å². The van der Waals surface area contributed by atoms with Gasteiger partial charge in [-0.1, -0.05) is 12.8 Å². The van der Waals surface area contributed by atoms with E-state index in [1.165, 1.54) is 31.2 Å². The molecular weight excluding hydrogens is 208 g/mol. The van der Waals surface area contributed by atoms with E-state index in [-0.39, 0.29) is 0 Å². The highest BCUT2D eigenvalue weighted by Gasteiger charge is 2.20. The van der Waals surface area contributed by atoms with Crippen LogP contribution in [0.25, 0.3) is 0 Å². The van der Waals surface area contributed by atoms with E-state index in [1.807, 2.05) is 10.9 Å². The van der Waals surface area contributed by atoms with Crippen LogP contribution in [0.15, 0.2) is 12.4 Å². The van der Waals surface area contributed by atoms with Crippen LogP contribution in [-0.2, 0) is 13.0 Å². The Hall–Kier alpha value is -0.500. The molecule has 1 aliphatic carbocycles. The normalized spacial score (nSPS) is 26.8. The molecule has 2 atom stereocenters. The van der Waals surface area contributed by atoms with Gasteiger partial charge in [-0.05, 0) is 37.7 Å². The van der Waals surface area contributed by atoms with Crippen LogP contribution in [0.1, 0.15) is 38.2 Å². The fourth-order valence-corrected chi connectivity index (χ4v) is 2.84. The van der Waals surface area contributed by atoms with Crippen molar-refractivity contribution in [2.75, 3.05) is 0 Å². The number of alkyl halides is 1. The summed E-state index contributed by atoms with van der Waals surface area (Å²) in [4.78, 5) is 0. The van der Waals surface area contributed by atoms with Crippen LogP contribution >= 0.6 is 11.6 Å². The lowest BCUT2D eigenvalue weighted by atomic mass is 9.85. The molecule has 1 aliphatic rings. The molecule has 1 fully saturated rings. The molecule has 0 aliphatic heterocycles. The number of hydrogen-bond acceptors (Lipinski definition) is 1. The summed E-state index contributed by atoms with van der Waals surface area (Å²) in [5.74, 6) is 0.774. The zero-order valence-corrected chi connectivity index (χ0v) is 10.1. The molecule has 0 saturated heterocycles. The number of halogens is 1. The second-order valence-corrected chi connectivity index (χ2v) is 5.16. The van der Waals surface area contributed by atoms with Crippen LogP contribution in [0.5, 0.6) is 0 Å². The van der Waals surface area contributed by atoms with Gasteiger partial charge >= 0.3 is 0 Å². The Morgan fingerprint density at radius 2 is 2.40 bits per heavy atom. The number of rotatable bonds is 3. The van der Waals surface area contributed by atoms with Gasteiger partial charge in [0.15, 0.2) is 0 Å². The van der Waals surface area contributed by atoms with Gasteiger partial charge in [0.25, 0.3) is 0 Å². The van der Waals surface area contributed by atoms with Gasteiger partial charge in [0, 0.05) is 18.1 Å². The highest BCUT2D eigenvalue weighted by atomic mass is 35.5. The minimum absolute atomic E-state index is 0.407. The summed E-state index contributed by atoms with van der Waals surface area (Å²) in [5.41, 5.74) is 1.37. The summed E-state index contributed by atoms with van der Waals surface area (Å²) in [7, 11) is 0. The maximum atomic E-state index is 6.19. The Bertz CT molecular complexity index is 308. The van der Waals surface area contributed by atoms with Gasteiger partial charge in [-0.15, -0.1) is 11.6 Å². The van der Waals surface area contributed by atoms with Gasteiger partial charge in [-0.25, -0.2) is 0 Å². The van der Waals surface area contributed by atoms with Gasteiger partial charge in [0.1, 0.15) is 0 Å². The maximum absolute atomic E-state index is 6.19. The molecule has 1 aromatic heterocycles. The molecule has 2 nitrogen and oxygen atoms in total. The molecule has 0 bridgehead atoms. The lowest BCUT2D eigenvalue weighted by molar-refractivity contribution is 0.361. The third-order valence-electron chi connectivity index (χ3n) is 3.25. The average Bonchev–Trinajstić information content (AvgIpc) is 2.65. The van der Waals surface area contributed by atoms with E-state index < -0.39 is 0 Å². The zero-order chi connectivity index (χ0) is 10.7. The summed E-state index contributed by atoms with van der Waals surface area (Å²) >= 11 is 6.19. The predicted molar refractivity (Wildman–Crippen MR) is 63.2 cm³/mol. The van der Waals surface area contributed by atoms with Crippen LogP contribution < -0.4 is 0 Å². The van der Waals surface area contributed by atoms with Gasteiger partial charge in [0.05, 0.1) is 6.20 Å². The van der Waals surface area contributed by atoms with E-state index in [2.05, 4.69) is 18.2 Å². The van der Waals surface area contributed by atoms with Crippen molar-refractivity contribution < 1.29 is 0 Å². The molecule has 3 heteroatoms. The van der Waals surface area contributed by atoms with E-state index in [4.69, 9.17) is 11.6 Å². The fraction of sp³-hybridized carbons (Fsp3) is 0.750. The van der Waals surface area contributed by atoms with Crippen LogP contribution in [0.3, 0.4) is 0 Å². The third-order valence-corrected chi connectivity index (χ3v) is 3.65. The highest BCUT2D eigenvalue weighted by Crippen LogP contribution is 2.30. The summed E-state index contributed by atoms with van der Waals surface area (Å²) in [6.45, 7) is 3.08. The second kappa shape index (κ2) is 5.02. The first-order valence-corrected chi connectivity index (χ1v) is 6.37. The summed E-state index contributed by atoms with van der Waals surface area (Å²) in [6, 6.07) is 0. The molecule has 0 spiro atoms. The minimum atomic E-state index is 0.407. The molecule has 0 N–H and O–H groups in total. The molecular formula is C12H19ClN2. The van der Waals surface area contributed by atoms with Crippen LogP contribution in [0, 0.1) is 5.92 Å². The molecule has 1 saturated carbocycles. The van der Waals surface area contributed by atoms with Crippen molar-refractivity contribution in [1.29, 1.82) is 0 Å². The molecule has 0 radical (unpaired) electrons. The Morgan fingerprint density at radius 3 is 3.07 bits per heavy atom. The quantitative estimate of drug-likeness (QED) is 0.724. The first-order valence-electron chi connectivity index (χ1n) is 5.93. The van der Waals surface area contributed by atoms with E-state index >= 15 is 0 Å². The van der Waals surface area contributed by atoms with Crippen molar-refractivity contribution >= 4 is 11.6 Å². The predicted octanol–water partition coefficient (Wildman–Crippen LogP) is 3.24. The zero-order valence-electron chi connectivity index (χ0n) is 9.32. The van der Waals surface area contributed by atoms with E-state index in [0.29, 0.717) is 5.38 Å². The summed E-state index contributed by atoms with van der Waals surface area (Å²) in [5, 5.41) is 4.71. The number of hydrogen-bond donors (Lipinski definition) is 0. The topological polar surface area (TPSA) is 17.8 Å². The van der Waals surface area contributed by atoms with E-state index in [0.717, 1.165) is 18.9 Å². The van der Waals surface area contributed by atoms with Crippen LogP contribution in [0.2, 0.25) is 0 Å². The fourth-order valence-electron chi connectivity index (χ4n) is 2.43. The average molecular weight is 227 g/mol. The summed E-state index contributed by atoms with van der Waals surface area (Å²) < 4.78 is 2.00. The standard InChI is InChI=1S/C12H19ClN2/c1-2-15-9-11(8-14-15)6-10-4-3-5-12(13)7-10/h8-10,12H,2-7H2,1H3. The molecule has 1 heterocycles. The van der Waals surface area contributed by atoms with Crippen molar-refractivity contribution in [2.45, 2.75) is 50.9 Å². The van der Waals surface area contributed by atoms with Crippen molar-refractivity contribution in [3.63, 3.8) is 0 Å². The van der Waals surface area contributed by atoms with Gasteiger partial charge < -0.3 is 0 Å². The SMILES string of the molecule is CCn1cc(CC2CCCC(Cl)C2)cn1. The monoisotopic (exact) mass is 226 g/mol. The van der Waals surface area contributed by atoms with Crippen LogP contribution in [0.4, 0.5) is 0 Å². The van der Waals surface area contributed by atoms with Crippen molar-refractivity contribution in [1.82, 2.24) is 9.78 Å². The number of nitrogens with zero attached hydrogens (tertiary/aromatic N) is 2. The maximum Gasteiger partial charge on any atom is 0.0521 e. The molecule has 2 rings (SSSR count). The third kappa shape index (κ3) is 2.97. The van der Waals surface area contributed by atoms with Crippen molar-refractivity contribution in [3.05, 3.63) is 18.0 Å². The molecule has 0 amide bonds. The molecule has 15 heavy (non-hydrogen) atoms. The summed E-state index contributed by atoms with van der Waals surface area (Å²) in [6.07, 6.45) is 10.3. The van der Waals surface area contributed by atoms with Gasteiger partial charge in [-0.2, -0.15) is 5.10 Å². The molecule has 84 valence electrons. The van der Waals surface area contributed by atoms with Crippen molar-refractivity contribution in [3.8, 4) is 0 Å². The second-order valence-electron chi connectivity index (χ2n) is 4.54. The number of aryl methyl sites for hydroxylation is 1. The van der Waals surface area contributed by atoms with E-state index in [1.54, 1.807) is 0 Å². The first-order chi connectivity index (χ1) is 7.28. The first kappa shape index (κ1) is 11.0. The Morgan fingerprint density at radius 1 is 1.53 bits per heavy atom. The smallest absolute Gasteiger partial charge is 0.0521 e. The lowest BCUT2D eigenvalue weighted by Crippen LogP contribution is -2.17. The van der Waals surface area contributed by atoms with Crippen LogP contribution in [-0.4, -0.2) is 15.2 Å². The molecule has 2 unspecified atom stereocenters. The van der Waals surface area contributed by atoms with E-state index in [9.17, 15) is 0 Å². The largest absolute Gasteiger partial charge is 0.273 e. The lowest BCUT2D eigenvalue weighted by Gasteiger charge is -2.24. The highest BCUT2D eigenvalue weighted by molar-refractivity contribution is 6.20. The Labute approximate surface area is 96.6 Å². The molecule has 1 aromatic rings. The Kier molecular flexibility index (Phi) is 3.68. The number of aromatic nitrogens is 2. The van der Waals surface area contributed by atoms with Crippen molar-refractivity contribution in [2.24, 2.45) is 5.92 Å². The Balaban J connectivity index is 1.90. The molecule has 0 aromatic carbocycles. The van der Waals surface area contributed by atoms with Gasteiger partial charge in [0.2, 0.25) is 0 Å².